The second-order valence-electron chi connectivity index (χ2n) is 6.16. The largest absolute Gasteiger partial charge is 0.496 e. The predicted molar refractivity (Wildman–Crippen MR) is 109 cm³/mol. The fourth-order valence-electron chi connectivity index (χ4n) is 2.70. The van der Waals surface area contributed by atoms with E-state index in [-0.39, 0.29) is 5.91 Å². The van der Waals surface area contributed by atoms with Crippen LogP contribution in [-0.4, -0.2) is 33.8 Å². The van der Waals surface area contributed by atoms with Gasteiger partial charge in [-0.3, -0.25) is 4.79 Å². The van der Waals surface area contributed by atoms with Crippen LogP contribution in [-0.2, 0) is 11.3 Å². The Morgan fingerprint density at radius 1 is 0.964 bits per heavy atom. The van der Waals surface area contributed by atoms with E-state index in [0.29, 0.717) is 48.3 Å². The Kier molecular flexibility index (Phi) is 8.26. The van der Waals surface area contributed by atoms with Gasteiger partial charge in [0.25, 0.3) is 0 Å². The van der Waals surface area contributed by atoms with Crippen LogP contribution in [0.4, 0.5) is 0 Å². The van der Waals surface area contributed by atoms with Gasteiger partial charge in [0.2, 0.25) is 5.91 Å². The zero-order valence-electron chi connectivity index (χ0n) is 16.6. The smallest absolute Gasteiger partial charge is 0.220 e. The lowest BCUT2D eigenvalue weighted by molar-refractivity contribution is -0.121. The van der Waals surface area contributed by atoms with Crippen molar-refractivity contribution in [1.82, 2.24) is 5.32 Å². The minimum absolute atomic E-state index is 0.0618. The SMILES string of the molecule is COc1cc(OC)c(OC)cc1CNC(=O)CCCOc1ccc(Cl)cc1C. The van der Waals surface area contributed by atoms with Gasteiger partial charge in [0.05, 0.1) is 27.9 Å². The molecule has 0 atom stereocenters. The Labute approximate surface area is 170 Å². The first kappa shape index (κ1) is 21.7. The number of benzene rings is 2. The summed E-state index contributed by atoms with van der Waals surface area (Å²) in [6.07, 6.45) is 0.971. The number of carbonyl (C=O) groups is 1. The van der Waals surface area contributed by atoms with Crippen LogP contribution in [0.2, 0.25) is 5.02 Å². The van der Waals surface area contributed by atoms with Crippen LogP contribution in [0.1, 0.15) is 24.0 Å². The van der Waals surface area contributed by atoms with Crippen molar-refractivity contribution in [2.75, 3.05) is 27.9 Å². The zero-order chi connectivity index (χ0) is 20.5. The van der Waals surface area contributed by atoms with E-state index >= 15 is 0 Å². The number of amides is 1. The van der Waals surface area contributed by atoms with Crippen LogP contribution in [0, 0.1) is 6.92 Å². The van der Waals surface area contributed by atoms with Crippen molar-refractivity contribution in [3.63, 3.8) is 0 Å². The van der Waals surface area contributed by atoms with Crippen molar-refractivity contribution in [3.05, 3.63) is 46.5 Å². The van der Waals surface area contributed by atoms with Crippen molar-refractivity contribution < 1.29 is 23.7 Å². The molecule has 0 saturated heterocycles. The highest BCUT2D eigenvalue weighted by Gasteiger charge is 2.12. The maximum atomic E-state index is 12.1. The van der Waals surface area contributed by atoms with Crippen LogP contribution in [0.3, 0.4) is 0 Å². The highest BCUT2D eigenvalue weighted by molar-refractivity contribution is 6.30. The fourth-order valence-corrected chi connectivity index (χ4v) is 2.93. The average Bonchev–Trinajstić information content (AvgIpc) is 2.70. The Hall–Kier alpha value is -2.60. The average molecular weight is 408 g/mol. The van der Waals surface area contributed by atoms with Gasteiger partial charge in [-0.05, 0) is 43.2 Å². The molecule has 0 aliphatic heterocycles. The molecule has 0 spiro atoms. The van der Waals surface area contributed by atoms with E-state index in [1.807, 2.05) is 19.1 Å². The first-order chi connectivity index (χ1) is 13.5. The molecule has 0 radical (unpaired) electrons. The van der Waals surface area contributed by atoms with Crippen LogP contribution in [0.15, 0.2) is 30.3 Å². The molecular weight excluding hydrogens is 382 g/mol. The number of ether oxygens (including phenoxy) is 4. The van der Waals surface area contributed by atoms with Gasteiger partial charge < -0.3 is 24.3 Å². The minimum atomic E-state index is -0.0618. The summed E-state index contributed by atoms with van der Waals surface area (Å²) in [5.74, 6) is 2.50. The maximum Gasteiger partial charge on any atom is 0.220 e. The number of hydrogen-bond acceptors (Lipinski definition) is 5. The summed E-state index contributed by atoms with van der Waals surface area (Å²) in [6, 6.07) is 9.00. The molecule has 28 heavy (non-hydrogen) atoms. The molecule has 7 heteroatoms. The van der Waals surface area contributed by atoms with Crippen molar-refractivity contribution in [2.24, 2.45) is 0 Å². The maximum absolute atomic E-state index is 12.1. The summed E-state index contributed by atoms with van der Waals surface area (Å²) in [7, 11) is 4.70. The number of halogens is 1. The molecule has 0 saturated carbocycles. The number of nitrogens with one attached hydrogen (secondary N) is 1. The highest BCUT2D eigenvalue weighted by Crippen LogP contribution is 2.34. The molecular formula is C21H26ClNO5. The van der Waals surface area contributed by atoms with Crippen molar-refractivity contribution in [3.8, 4) is 23.0 Å². The summed E-state index contributed by atoms with van der Waals surface area (Å²) >= 11 is 5.93. The zero-order valence-corrected chi connectivity index (χ0v) is 17.4. The number of rotatable bonds is 10. The first-order valence-corrected chi connectivity index (χ1v) is 9.30. The van der Waals surface area contributed by atoms with Gasteiger partial charge in [0, 0.05) is 29.6 Å². The molecule has 0 fully saturated rings. The second kappa shape index (κ2) is 10.7. The quantitative estimate of drug-likeness (QED) is 0.599. The predicted octanol–water partition coefficient (Wildman–Crippen LogP) is 4.15. The van der Waals surface area contributed by atoms with E-state index < -0.39 is 0 Å². The topological polar surface area (TPSA) is 66.0 Å². The normalized spacial score (nSPS) is 10.3. The van der Waals surface area contributed by atoms with Gasteiger partial charge in [0.1, 0.15) is 11.5 Å². The van der Waals surface area contributed by atoms with Crippen LogP contribution < -0.4 is 24.3 Å². The summed E-state index contributed by atoms with van der Waals surface area (Å²) < 4.78 is 21.6. The third-order valence-electron chi connectivity index (χ3n) is 4.21. The molecule has 6 nitrogen and oxygen atoms in total. The van der Waals surface area contributed by atoms with Gasteiger partial charge in [-0.1, -0.05) is 11.6 Å². The summed E-state index contributed by atoms with van der Waals surface area (Å²) in [4.78, 5) is 12.1. The third kappa shape index (κ3) is 5.96. The minimum Gasteiger partial charge on any atom is -0.496 e. The first-order valence-electron chi connectivity index (χ1n) is 8.93. The molecule has 2 aromatic rings. The second-order valence-corrected chi connectivity index (χ2v) is 6.59. The molecule has 152 valence electrons. The van der Waals surface area contributed by atoms with Gasteiger partial charge >= 0.3 is 0 Å². The summed E-state index contributed by atoms with van der Waals surface area (Å²) in [5, 5.41) is 3.57. The molecule has 0 heterocycles. The van der Waals surface area contributed by atoms with Gasteiger partial charge in [0.15, 0.2) is 11.5 Å². The Morgan fingerprint density at radius 3 is 2.29 bits per heavy atom. The van der Waals surface area contributed by atoms with E-state index in [9.17, 15) is 4.79 Å². The van der Waals surface area contributed by atoms with Crippen molar-refractivity contribution >= 4 is 17.5 Å². The molecule has 1 N–H and O–H groups in total. The van der Waals surface area contributed by atoms with E-state index in [2.05, 4.69) is 5.32 Å². The molecule has 2 rings (SSSR count). The van der Waals surface area contributed by atoms with Crippen molar-refractivity contribution in [2.45, 2.75) is 26.3 Å². The summed E-state index contributed by atoms with van der Waals surface area (Å²) in [5.41, 5.74) is 1.78. The monoisotopic (exact) mass is 407 g/mol. The van der Waals surface area contributed by atoms with E-state index in [0.717, 1.165) is 16.9 Å². The number of aryl methyl sites for hydroxylation is 1. The van der Waals surface area contributed by atoms with Crippen molar-refractivity contribution in [1.29, 1.82) is 0 Å². The Morgan fingerprint density at radius 2 is 1.64 bits per heavy atom. The molecule has 0 unspecified atom stereocenters. The lowest BCUT2D eigenvalue weighted by Gasteiger charge is -2.14. The molecule has 0 aromatic heterocycles. The highest BCUT2D eigenvalue weighted by atomic mass is 35.5. The Bertz CT molecular complexity index is 810. The third-order valence-corrected chi connectivity index (χ3v) is 4.44. The lowest BCUT2D eigenvalue weighted by Crippen LogP contribution is -2.23. The van der Waals surface area contributed by atoms with Gasteiger partial charge in [-0.2, -0.15) is 0 Å². The van der Waals surface area contributed by atoms with E-state index in [4.69, 9.17) is 30.5 Å². The van der Waals surface area contributed by atoms with Gasteiger partial charge in [-0.15, -0.1) is 0 Å². The summed E-state index contributed by atoms with van der Waals surface area (Å²) in [6.45, 7) is 2.72. The molecule has 0 aliphatic rings. The molecule has 2 aromatic carbocycles. The molecule has 0 bridgehead atoms. The Balaban J connectivity index is 1.82. The van der Waals surface area contributed by atoms with Gasteiger partial charge in [-0.25, -0.2) is 0 Å². The molecule has 0 aliphatic carbocycles. The van der Waals surface area contributed by atoms with E-state index in [1.54, 1.807) is 39.5 Å². The standard InChI is InChI=1S/C21H26ClNO5/c1-14-10-16(22)7-8-17(14)28-9-5-6-21(24)23-13-15-11-19(26-3)20(27-4)12-18(15)25-2/h7-8,10-12H,5-6,9,13H2,1-4H3,(H,23,24). The fraction of sp³-hybridized carbons (Fsp3) is 0.381. The van der Waals surface area contributed by atoms with Crippen LogP contribution in [0.25, 0.3) is 0 Å². The number of hydrogen-bond donors (Lipinski definition) is 1. The lowest BCUT2D eigenvalue weighted by atomic mass is 10.1. The molecule has 1 amide bonds. The van der Waals surface area contributed by atoms with Crippen LogP contribution >= 0.6 is 11.6 Å². The number of methoxy groups -OCH3 is 3. The van der Waals surface area contributed by atoms with E-state index in [1.165, 1.54) is 0 Å². The number of carbonyl (C=O) groups excluding carboxylic acids is 1. The van der Waals surface area contributed by atoms with Crippen LogP contribution in [0.5, 0.6) is 23.0 Å².